The van der Waals surface area contributed by atoms with E-state index in [2.05, 4.69) is 19.2 Å². The molecule has 2 N–H and O–H groups in total. The van der Waals surface area contributed by atoms with E-state index < -0.39 is 0 Å². The first-order valence-electron chi connectivity index (χ1n) is 4.66. The molecule has 72 valence electrons. The van der Waals surface area contributed by atoms with Gasteiger partial charge in [0.2, 0.25) is 0 Å². The largest absolute Gasteiger partial charge is 0.396 e. The summed E-state index contributed by atoms with van der Waals surface area (Å²) >= 11 is 0. The molecule has 12 heavy (non-hydrogen) atoms. The van der Waals surface area contributed by atoms with Gasteiger partial charge in [-0.25, -0.2) is 0 Å². The van der Waals surface area contributed by atoms with Crippen LogP contribution in [-0.4, -0.2) is 30.6 Å². The van der Waals surface area contributed by atoms with Crippen LogP contribution >= 0.6 is 0 Å². The maximum atomic E-state index is 8.68. The van der Waals surface area contributed by atoms with Crippen LogP contribution in [0.2, 0.25) is 0 Å². The lowest BCUT2D eigenvalue weighted by Crippen LogP contribution is -2.52. The summed E-state index contributed by atoms with van der Waals surface area (Å²) in [6, 6.07) is 0. The Morgan fingerprint density at radius 3 is 2.92 bits per heavy atom. The minimum Gasteiger partial charge on any atom is -0.396 e. The monoisotopic (exact) mass is 173 g/mol. The van der Waals surface area contributed by atoms with Crippen LogP contribution in [0.25, 0.3) is 0 Å². The Bertz CT molecular complexity index is 125. The van der Waals surface area contributed by atoms with Crippen LogP contribution in [0.4, 0.5) is 0 Å². The van der Waals surface area contributed by atoms with Crippen LogP contribution in [0.15, 0.2) is 0 Å². The van der Waals surface area contributed by atoms with Crippen LogP contribution in [-0.2, 0) is 4.74 Å². The second-order valence-electron chi connectivity index (χ2n) is 3.86. The highest BCUT2D eigenvalue weighted by Crippen LogP contribution is 2.19. The standard InChI is InChI=1S/C9H19NO2/c1-8-6-10-9(2,12-7-8)4-3-5-11/h8,10-11H,3-7H2,1-2H3. The van der Waals surface area contributed by atoms with Gasteiger partial charge in [0.05, 0.1) is 6.61 Å². The van der Waals surface area contributed by atoms with E-state index in [-0.39, 0.29) is 12.3 Å². The van der Waals surface area contributed by atoms with Crippen molar-refractivity contribution in [1.29, 1.82) is 0 Å². The molecule has 3 nitrogen and oxygen atoms in total. The van der Waals surface area contributed by atoms with Gasteiger partial charge in [0.25, 0.3) is 0 Å². The molecular formula is C9H19NO2. The molecule has 0 amide bonds. The molecule has 0 aromatic heterocycles. The highest BCUT2D eigenvalue weighted by molar-refractivity contribution is 4.78. The fourth-order valence-electron chi connectivity index (χ4n) is 1.40. The number of aliphatic hydroxyl groups excluding tert-OH is 1. The second-order valence-corrected chi connectivity index (χ2v) is 3.86. The van der Waals surface area contributed by atoms with Crippen molar-refractivity contribution in [3.63, 3.8) is 0 Å². The van der Waals surface area contributed by atoms with E-state index in [1.54, 1.807) is 0 Å². The Balaban J connectivity index is 2.29. The van der Waals surface area contributed by atoms with Gasteiger partial charge in [0, 0.05) is 13.2 Å². The third-order valence-electron chi connectivity index (χ3n) is 2.32. The Hall–Kier alpha value is -0.120. The van der Waals surface area contributed by atoms with E-state index in [0.29, 0.717) is 5.92 Å². The van der Waals surface area contributed by atoms with Gasteiger partial charge in [-0.05, 0) is 25.7 Å². The molecule has 2 atom stereocenters. The Morgan fingerprint density at radius 2 is 2.42 bits per heavy atom. The van der Waals surface area contributed by atoms with Gasteiger partial charge in [0.15, 0.2) is 0 Å². The van der Waals surface area contributed by atoms with Crippen molar-refractivity contribution in [3.05, 3.63) is 0 Å². The predicted molar refractivity (Wildman–Crippen MR) is 47.8 cm³/mol. The lowest BCUT2D eigenvalue weighted by atomic mass is 10.0. The summed E-state index contributed by atoms with van der Waals surface area (Å²) in [5, 5.41) is 12.0. The highest BCUT2D eigenvalue weighted by atomic mass is 16.5. The van der Waals surface area contributed by atoms with E-state index >= 15 is 0 Å². The fraction of sp³-hybridized carbons (Fsp3) is 1.00. The minimum atomic E-state index is -0.199. The molecule has 0 bridgehead atoms. The first-order valence-corrected chi connectivity index (χ1v) is 4.66. The molecule has 1 saturated heterocycles. The summed E-state index contributed by atoms with van der Waals surface area (Å²) in [6.07, 6.45) is 1.69. The van der Waals surface area contributed by atoms with Crippen LogP contribution in [0, 0.1) is 5.92 Å². The molecule has 1 fully saturated rings. The smallest absolute Gasteiger partial charge is 0.116 e. The number of hydrogen-bond acceptors (Lipinski definition) is 3. The van der Waals surface area contributed by atoms with Gasteiger partial charge < -0.3 is 9.84 Å². The van der Waals surface area contributed by atoms with Crippen molar-refractivity contribution in [3.8, 4) is 0 Å². The van der Waals surface area contributed by atoms with Crippen LogP contribution in [0.1, 0.15) is 26.7 Å². The molecule has 1 rings (SSSR count). The number of aliphatic hydroxyl groups is 1. The van der Waals surface area contributed by atoms with Crippen molar-refractivity contribution in [1.82, 2.24) is 5.32 Å². The van der Waals surface area contributed by atoms with Crippen LogP contribution in [0.5, 0.6) is 0 Å². The number of hydrogen-bond donors (Lipinski definition) is 2. The molecule has 0 spiro atoms. The van der Waals surface area contributed by atoms with Crippen molar-refractivity contribution in [2.45, 2.75) is 32.4 Å². The Morgan fingerprint density at radius 1 is 1.67 bits per heavy atom. The van der Waals surface area contributed by atoms with E-state index in [0.717, 1.165) is 26.0 Å². The van der Waals surface area contributed by atoms with Crippen LogP contribution < -0.4 is 5.32 Å². The number of nitrogens with one attached hydrogen (secondary N) is 1. The molecule has 2 unspecified atom stereocenters. The zero-order chi connectivity index (χ0) is 9.03. The maximum absolute atomic E-state index is 8.68. The third kappa shape index (κ3) is 2.73. The van der Waals surface area contributed by atoms with Gasteiger partial charge >= 0.3 is 0 Å². The normalized spacial score (nSPS) is 36.8. The average Bonchev–Trinajstić information content (AvgIpc) is 2.08. The molecular weight excluding hydrogens is 154 g/mol. The second kappa shape index (κ2) is 4.21. The molecule has 0 aromatic carbocycles. The molecule has 0 saturated carbocycles. The fourth-order valence-corrected chi connectivity index (χ4v) is 1.40. The number of rotatable bonds is 3. The Labute approximate surface area is 74.1 Å². The molecule has 1 heterocycles. The minimum absolute atomic E-state index is 0.199. The molecule has 0 radical (unpaired) electrons. The lowest BCUT2D eigenvalue weighted by molar-refractivity contribution is -0.107. The average molecular weight is 173 g/mol. The first-order chi connectivity index (χ1) is 5.66. The van der Waals surface area contributed by atoms with Gasteiger partial charge in [-0.15, -0.1) is 0 Å². The quantitative estimate of drug-likeness (QED) is 0.661. The zero-order valence-electron chi connectivity index (χ0n) is 7.97. The van der Waals surface area contributed by atoms with Crippen molar-refractivity contribution < 1.29 is 9.84 Å². The van der Waals surface area contributed by atoms with E-state index in [4.69, 9.17) is 9.84 Å². The molecule has 0 aliphatic carbocycles. The number of ether oxygens (including phenoxy) is 1. The molecule has 0 aromatic rings. The summed E-state index contributed by atoms with van der Waals surface area (Å²) < 4.78 is 5.66. The van der Waals surface area contributed by atoms with Gasteiger partial charge in [-0.2, -0.15) is 0 Å². The topological polar surface area (TPSA) is 41.5 Å². The van der Waals surface area contributed by atoms with E-state index in [9.17, 15) is 0 Å². The summed E-state index contributed by atoms with van der Waals surface area (Å²) in [5.74, 6) is 0.604. The highest BCUT2D eigenvalue weighted by Gasteiger charge is 2.28. The predicted octanol–water partition coefficient (Wildman–Crippen LogP) is 0.731. The third-order valence-corrected chi connectivity index (χ3v) is 2.32. The lowest BCUT2D eigenvalue weighted by Gasteiger charge is -2.37. The van der Waals surface area contributed by atoms with Crippen molar-refractivity contribution in [2.24, 2.45) is 5.92 Å². The Kier molecular flexibility index (Phi) is 3.50. The maximum Gasteiger partial charge on any atom is 0.116 e. The van der Waals surface area contributed by atoms with Gasteiger partial charge in [-0.3, -0.25) is 5.32 Å². The van der Waals surface area contributed by atoms with Gasteiger partial charge in [0.1, 0.15) is 5.72 Å². The summed E-state index contributed by atoms with van der Waals surface area (Å²) in [5.41, 5.74) is -0.199. The van der Waals surface area contributed by atoms with Crippen molar-refractivity contribution in [2.75, 3.05) is 19.8 Å². The summed E-state index contributed by atoms with van der Waals surface area (Å²) in [4.78, 5) is 0. The molecule has 1 aliphatic rings. The summed E-state index contributed by atoms with van der Waals surface area (Å²) in [7, 11) is 0. The van der Waals surface area contributed by atoms with Gasteiger partial charge in [-0.1, -0.05) is 6.92 Å². The first kappa shape index (κ1) is 9.96. The zero-order valence-corrected chi connectivity index (χ0v) is 7.97. The van der Waals surface area contributed by atoms with E-state index in [1.807, 2.05) is 0 Å². The summed E-state index contributed by atoms with van der Waals surface area (Å²) in [6.45, 7) is 6.31. The van der Waals surface area contributed by atoms with Crippen molar-refractivity contribution >= 4 is 0 Å². The molecule has 1 aliphatic heterocycles. The van der Waals surface area contributed by atoms with Crippen LogP contribution in [0.3, 0.4) is 0 Å². The SMILES string of the molecule is CC1CNC(C)(CCCO)OC1. The van der Waals surface area contributed by atoms with E-state index in [1.165, 1.54) is 0 Å². The molecule has 3 heteroatoms.